The predicted octanol–water partition coefficient (Wildman–Crippen LogP) is -0.378. The van der Waals surface area contributed by atoms with Gasteiger partial charge in [0.1, 0.15) is 17.3 Å². The molecule has 1 unspecified atom stereocenters. The van der Waals surface area contributed by atoms with E-state index in [4.69, 9.17) is 10.5 Å². The first kappa shape index (κ1) is 15.3. The Morgan fingerprint density at radius 3 is 2.57 bits per heavy atom. The summed E-state index contributed by atoms with van der Waals surface area (Å²) in [5.74, 6) is -1.57. The lowest BCUT2D eigenvalue weighted by atomic mass is 9.97. The van der Waals surface area contributed by atoms with E-state index < -0.39 is 23.5 Å². The van der Waals surface area contributed by atoms with Crippen LogP contribution in [0.1, 0.15) is 12.0 Å². The number of carboxylic acid groups (broad SMARTS) is 1. The molecule has 1 heterocycles. The number of rotatable bonds is 5. The van der Waals surface area contributed by atoms with Gasteiger partial charge in [0.25, 0.3) is 0 Å². The maximum Gasteiger partial charge on any atom is 0.326 e. The fourth-order valence-electron chi connectivity index (χ4n) is 2.13. The number of hydrogen-bond acceptors (Lipinski definition) is 5. The van der Waals surface area contributed by atoms with Crippen molar-refractivity contribution in [1.82, 2.24) is 5.32 Å². The number of phenolic OH excluding ortho intramolecular Hbond substituents is 1. The van der Waals surface area contributed by atoms with Crippen LogP contribution in [0, 0.1) is 0 Å². The molecular formula is C14H18N2O5. The highest BCUT2D eigenvalue weighted by atomic mass is 16.5. The molecule has 1 aliphatic heterocycles. The smallest absolute Gasteiger partial charge is 0.326 e. The maximum absolute atomic E-state index is 12.1. The second-order valence-electron chi connectivity index (χ2n) is 5.19. The Hall–Kier alpha value is -2.12. The molecule has 1 saturated heterocycles. The minimum atomic E-state index is -1.16. The minimum Gasteiger partial charge on any atom is -0.508 e. The van der Waals surface area contributed by atoms with Crippen LogP contribution in [-0.2, 0) is 20.7 Å². The lowest BCUT2D eigenvalue weighted by Crippen LogP contribution is -2.58. The number of phenols is 1. The van der Waals surface area contributed by atoms with Gasteiger partial charge in [-0.2, -0.15) is 0 Å². The van der Waals surface area contributed by atoms with E-state index in [2.05, 4.69) is 5.32 Å². The summed E-state index contributed by atoms with van der Waals surface area (Å²) in [6, 6.07) is 5.06. The van der Waals surface area contributed by atoms with Crippen molar-refractivity contribution in [2.75, 3.05) is 13.2 Å². The van der Waals surface area contributed by atoms with Gasteiger partial charge in [0.05, 0.1) is 6.61 Å². The van der Waals surface area contributed by atoms with Crippen molar-refractivity contribution in [2.24, 2.45) is 5.73 Å². The molecule has 0 bridgehead atoms. The van der Waals surface area contributed by atoms with Crippen molar-refractivity contribution in [3.8, 4) is 5.75 Å². The summed E-state index contributed by atoms with van der Waals surface area (Å²) in [5.41, 5.74) is 5.43. The molecule has 0 aromatic heterocycles. The Morgan fingerprint density at radius 2 is 2.05 bits per heavy atom. The molecule has 0 saturated carbocycles. The van der Waals surface area contributed by atoms with Gasteiger partial charge in [-0.3, -0.25) is 4.79 Å². The van der Waals surface area contributed by atoms with Gasteiger partial charge in [0, 0.05) is 13.0 Å². The molecule has 1 aromatic rings. The number of nitrogens with one attached hydrogen (secondary N) is 1. The molecule has 1 fully saturated rings. The minimum absolute atomic E-state index is 0.0877. The predicted molar refractivity (Wildman–Crippen MR) is 73.7 cm³/mol. The third-order valence-electron chi connectivity index (χ3n) is 3.48. The van der Waals surface area contributed by atoms with E-state index >= 15 is 0 Å². The van der Waals surface area contributed by atoms with Crippen molar-refractivity contribution in [3.63, 3.8) is 0 Å². The Morgan fingerprint density at radius 1 is 1.38 bits per heavy atom. The Kier molecular flexibility index (Phi) is 4.44. The van der Waals surface area contributed by atoms with Crippen molar-refractivity contribution in [3.05, 3.63) is 29.8 Å². The Balaban J connectivity index is 2.04. The molecule has 21 heavy (non-hydrogen) atoms. The number of hydrogen-bond donors (Lipinski definition) is 4. The normalized spacial score (nSPS) is 22.7. The maximum atomic E-state index is 12.1. The highest BCUT2D eigenvalue weighted by Gasteiger charge is 2.39. The fourth-order valence-corrected chi connectivity index (χ4v) is 2.13. The number of amides is 1. The van der Waals surface area contributed by atoms with Gasteiger partial charge in [-0.1, -0.05) is 12.1 Å². The summed E-state index contributed by atoms with van der Waals surface area (Å²) in [7, 11) is 0. The van der Waals surface area contributed by atoms with Crippen LogP contribution in [0.5, 0.6) is 5.75 Å². The standard InChI is InChI=1S/C14H18N2O5/c15-14(5-6-21-8-14)13(20)16-11(12(18)19)7-9-1-3-10(17)4-2-9/h1-4,11,17H,5-8,15H2,(H,16,20)(H,18,19)/t11-,14?/m1/s1. The van der Waals surface area contributed by atoms with E-state index in [9.17, 15) is 19.8 Å². The van der Waals surface area contributed by atoms with Gasteiger partial charge in [-0.25, -0.2) is 4.79 Å². The summed E-state index contributed by atoms with van der Waals surface area (Å²) in [4.78, 5) is 23.4. The summed E-state index contributed by atoms with van der Waals surface area (Å²) < 4.78 is 5.09. The highest BCUT2D eigenvalue weighted by molar-refractivity contribution is 5.90. The van der Waals surface area contributed by atoms with Crippen LogP contribution >= 0.6 is 0 Å². The molecule has 114 valence electrons. The van der Waals surface area contributed by atoms with Crippen LogP contribution in [-0.4, -0.2) is 46.9 Å². The molecule has 0 radical (unpaired) electrons. The average Bonchev–Trinajstić information content (AvgIpc) is 2.88. The van der Waals surface area contributed by atoms with Crippen molar-refractivity contribution < 1.29 is 24.5 Å². The lowest BCUT2D eigenvalue weighted by Gasteiger charge is -2.23. The van der Waals surface area contributed by atoms with Gasteiger partial charge in [-0.15, -0.1) is 0 Å². The van der Waals surface area contributed by atoms with Gasteiger partial charge >= 0.3 is 5.97 Å². The van der Waals surface area contributed by atoms with E-state index in [0.717, 1.165) is 0 Å². The molecule has 1 aliphatic rings. The average molecular weight is 294 g/mol. The topological polar surface area (TPSA) is 122 Å². The first-order valence-electron chi connectivity index (χ1n) is 6.59. The van der Waals surface area contributed by atoms with Crippen LogP contribution in [0.4, 0.5) is 0 Å². The molecule has 7 heteroatoms. The second kappa shape index (κ2) is 6.11. The van der Waals surface area contributed by atoms with Gasteiger partial charge in [0.15, 0.2) is 0 Å². The number of benzene rings is 1. The zero-order valence-electron chi connectivity index (χ0n) is 11.4. The van der Waals surface area contributed by atoms with Crippen LogP contribution < -0.4 is 11.1 Å². The van der Waals surface area contributed by atoms with E-state index in [1.54, 1.807) is 12.1 Å². The lowest BCUT2D eigenvalue weighted by molar-refractivity contribution is -0.142. The fraction of sp³-hybridized carbons (Fsp3) is 0.429. The number of aromatic hydroxyl groups is 1. The molecule has 2 atom stereocenters. The van der Waals surface area contributed by atoms with Crippen molar-refractivity contribution in [2.45, 2.75) is 24.4 Å². The van der Waals surface area contributed by atoms with Gasteiger partial charge in [0.2, 0.25) is 5.91 Å². The molecule has 1 aromatic carbocycles. The molecule has 7 nitrogen and oxygen atoms in total. The number of ether oxygens (including phenoxy) is 1. The monoisotopic (exact) mass is 294 g/mol. The van der Waals surface area contributed by atoms with Crippen LogP contribution in [0.2, 0.25) is 0 Å². The molecule has 2 rings (SSSR count). The number of carboxylic acids is 1. The Bertz CT molecular complexity index is 523. The van der Waals surface area contributed by atoms with E-state index in [-0.39, 0.29) is 18.8 Å². The van der Waals surface area contributed by atoms with Gasteiger partial charge < -0.3 is 26.0 Å². The zero-order valence-corrected chi connectivity index (χ0v) is 11.4. The van der Waals surface area contributed by atoms with Crippen LogP contribution in [0.3, 0.4) is 0 Å². The second-order valence-corrected chi connectivity index (χ2v) is 5.19. The van der Waals surface area contributed by atoms with Crippen LogP contribution in [0.25, 0.3) is 0 Å². The number of carbonyl (C=O) groups excluding carboxylic acids is 1. The molecule has 5 N–H and O–H groups in total. The van der Waals surface area contributed by atoms with Crippen molar-refractivity contribution in [1.29, 1.82) is 0 Å². The van der Waals surface area contributed by atoms with E-state index in [1.807, 2.05) is 0 Å². The number of carbonyl (C=O) groups is 2. The molecule has 0 aliphatic carbocycles. The van der Waals surface area contributed by atoms with Gasteiger partial charge in [-0.05, 0) is 24.1 Å². The largest absolute Gasteiger partial charge is 0.508 e. The third-order valence-corrected chi connectivity index (χ3v) is 3.48. The first-order valence-corrected chi connectivity index (χ1v) is 6.59. The Labute approximate surface area is 121 Å². The summed E-state index contributed by atoms with van der Waals surface area (Å²) >= 11 is 0. The zero-order chi connectivity index (χ0) is 15.5. The summed E-state index contributed by atoms with van der Waals surface area (Å²) in [5, 5.41) is 20.9. The first-order chi connectivity index (χ1) is 9.90. The highest BCUT2D eigenvalue weighted by Crippen LogP contribution is 2.16. The number of nitrogens with two attached hydrogens (primary N) is 1. The SMILES string of the molecule is NC1(C(=O)N[C@H](Cc2ccc(O)cc2)C(=O)O)CCOC1. The quantitative estimate of drug-likeness (QED) is 0.587. The van der Waals surface area contributed by atoms with E-state index in [1.165, 1.54) is 12.1 Å². The van der Waals surface area contributed by atoms with E-state index in [0.29, 0.717) is 18.6 Å². The number of aliphatic carboxylic acids is 1. The third kappa shape index (κ3) is 3.71. The molecule has 1 amide bonds. The van der Waals surface area contributed by atoms with Crippen molar-refractivity contribution >= 4 is 11.9 Å². The van der Waals surface area contributed by atoms with Crippen LogP contribution in [0.15, 0.2) is 24.3 Å². The molecule has 0 spiro atoms. The molecular weight excluding hydrogens is 276 g/mol. The summed E-state index contributed by atoms with van der Waals surface area (Å²) in [6.45, 7) is 0.476. The summed E-state index contributed by atoms with van der Waals surface area (Å²) in [6.07, 6.45) is 0.475.